The molecule has 0 nitrogen and oxygen atoms in total. The standard InChI is InChI=1S/C18H13Br2F/c1-11-5-4-8-15(17(11)19)18(20)14-9-10-16(21)13-7-3-2-6-12(13)14/h2-10,18H,1H3. The van der Waals surface area contributed by atoms with E-state index in [2.05, 4.69) is 50.9 Å². The molecule has 0 aromatic heterocycles. The summed E-state index contributed by atoms with van der Waals surface area (Å²) in [7, 11) is 0. The van der Waals surface area contributed by atoms with Gasteiger partial charge in [0.1, 0.15) is 5.82 Å². The number of fused-ring (bicyclic) bond motifs is 1. The molecule has 3 heteroatoms. The number of halogens is 3. The van der Waals surface area contributed by atoms with Crippen LogP contribution in [0.25, 0.3) is 10.8 Å². The molecule has 1 unspecified atom stereocenters. The summed E-state index contributed by atoms with van der Waals surface area (Å²) < 4.78 is 15.0. The lowest BCUT2D eigenvalue weighted by Gasteiger charge is -2.16. The molecular weight excluding hydrogens is 395 g/mol. The average Bonchev–Trinajstić information content (AvgIpc) is 2.50. The molecule has 0 aliphatic carbocycles. The molecule has 0 fully saturated rings. The lowest BCUT2D eigenvalue weighted by atomic mass is 9.97. The van der Waals surface area contributed by atoms with Crippen molar-refractivity contribution in [3.8, 4) is 0 Å². The summed E-state index contributed by atoms with van der Waals surface area (Å²) in [6, 6.07) is 17.2. The van der Waals surface area contributed by atoms with Crippen LogP contribution in [0.15, 0.2) is 59.1 Å². The zero-order valence-electron chi connectivity index (χ0n) is 11.4. The predicted octanol–water partition coefficient (Wildman–Crippen LogP) is 6.53. The summed E-state index contributed by atoms with van der Waals surface area (Å²) in [6.07, 6.45) is 0. The van der Waals surface area contributed by atoms with E-state index in [4.69, 9.17) is 0 Å². The van der Waals surface area contributed by atoms with Gasteiger partial charge in [-0.2, -0.15) is 0 Å². The van der Waals surface area contributed by atoms with Gasteiger partial charge in [-0.25, -0.2) is 4.39 Å². The first kappa shape index (κ1) is 14.7. The Morgan fingerprint density at radius 3 is 2.33 bits per heavy atom. The smallest absolute Gasteiger partial charge is 0.131 e. The third-order valence-corrected chi connectivity index (χ3v) is 5.74. The van der Waals surface area contributed by atoms with Gasteiger partial charge in [0.25, 0.3) is 0 Å². The van der Waals surface area contributed by atoms with E-state index in [1.165, 1.54) is 11.6 Å². The molecule has 0 spiro atoms. The van der Waals surface area contributed by atoms with Crippen molar-refractivity contribution in [2.75, 3.05) is 0 Å². The monoisotopic (exact) mass is 406 g/mol. The van der Waals surface area contributed by atoms with Crippen LogP contribution in [-0.2, 0) is 0 Å². The van der Waals surface area contributed by atoms with Crippen LogP contribution < -0.4 is 0 Å². The van der Waals surface area contributed by atoms with Crippen molar-refractivity contribution in [2.45, 2.75) is 11.8 Å². The molecule has 3 aromatic carbocycles. The van der Waals surface area contributed by atoms with Crippen molar-refractivity contribution >= 4 is 42.6 Å². The molecule has 3 rings (SSSR count). The van der Waals surface area contributed by atoms with E-state index in [-0.39, 0.29) is 10.6 Å². The van der Waals surface area contributed by atoms with Crippen molar-refractivity contribution in [2.24, 2.45) is 0 Å². The summed E-state index contributed by atoms with van der Waals surface area (Å²) in [4.78, 5) is 0.0114. The SMILES string of the molecule is Cc1cccc(C(Br)c2ccc(F)c3ccccc23)c1Br. The maximum atomic E-state index is 14.0. The number of hydrogen-bond acceptors (Lipinski definition) is 0. The highest BCUT2D eigenvalue weighted by molar-refractivity contribution is 9.11. The normalized spacial score (nSPS) is 12.6. The second-order valence-electron chi connectivity index (χ2n) is 5.02. The molecule has 0 radical (unpaired) electrons. The summed E-state index contributed by atoms with van der Waals surface area (Å²) in [5, 5.41) is 1.59. The highest BCUT2D eigenvalue weighted by atomic mass is 79.9. The fourth-order valence-corrected chi connectivity index (χ4v) is 4.12. The topological polar surface area (TPSA) is 0 Å². The highest BCUT2D eigenvalue weighted by Gasteiger charge is 2.17. The van der Waals surface area contributed by atoms with Crippen LogP contribution in [0.3, 0.4) is 0 Å². The first-order valence-electron chi connectivity index (χ1n) is 6.66. The van der Waals surface area contributed by atoms with E-state index in [1.807, 2.05) is 36.4 Å². The van der Waals surface area contributed by atoms with Crippen molar-refractivity contribution < 1.29 is 4.39 Å². The Hall–Kier alpha value is -1.19. The minimum Gasteiger partial charge on any atom is -0.206 e. The van der Waals surface area contributed by atoms with Crippen LogP contribution in [0.5, 0.6) is 0 Å². The molecule has 0 saturated heterocycles. The zero-order chi connectivity index (χ0) is 15.0. The van der Waals surface area contributed by atoms with Gasteiger partial charge in [-0.1, -0.05) is 80.4 Å². The van der Waals surface area contributed by atoms with Crippen LogP contribution in [0.1, 0.15) is 21.5 Å². The van der Waals surface area contributed by atoms with E-state index in [9.17, 15) is 4.39 Å². The first-order chi connectivity index (χ1) is 10.1. The quantitative estimate of drug-likeness (QED) is 0.423. The van der Waals surface area contributed by atoms with Crippen LogP contribution in [0, 0.1) is 12.7 Å². The lowest BCUT2D eigenvalue weighted by molar-refractivity contribution is 0.639. The molecular formula is C18H13Br2F. The van der Waals surface area contributed by atoms with Crippen LogP contribution >= 0.6 is 31.9 Å². The maximum absolute atomic E-state index is 14.0. The van der Waals surface area contributed by atoms with E-state index in [0.29, 0.717) is 5.39 Å². The number of aryl methyl sites for hydroxylation is 1. The van der Waals surface area contributed by atoms with Crippen molar-refractivity contribution in [3.05, 3.63) is 81.6 Å². The first-order valence-corrected chi connectivity index (χ1v) is 8.36. The molecule has 0 aliphatic heterocycles. The van der Waals surface area contributed by atoms with Gasteiger partial charge in [-0.15, -0.1) is 0 Å². The Morgan fingerprint density at radius 2 is 1.57 bits per heavy atom. The minimum absolute atomic E-state index is 0.0114. The van der Waals surface area contributed by atoms with Crippen LogP contribution in [-0.4, -0.2) is 0 Å². The second-order valence-corrected chi connectivity index (χ2v) is 6.73. The maximum Gasteiger partial charge on any atom is 0.131 e. The molecule has 0 bridgehead atoms. The molecule has 0 aliphatic rings. The molecule has 0 N–H and O–H groups in total. The zero-order valence-corrected chi connectivity index (χ0v) is 14.6. The van der Waals surface area contributed by atoms with E-state index >= 15 is 0 Å². The molecule has 3 aromatic rings. The average molecular weight is 408 g/mol. The third kappa shape index (κ3) is 2.65. The molecule has 21 heavy (non-hydrogen) atoms. The van der Waals surface area contributed by atoms with Gasteiger partial charge in [0, 0.05) is 9.86 Å². The minimum atomic E-state index is -0.183. The number of rotatable bonds is 2. The molecule has 0 heterocycles. The number of hydrogen-bond donors (Lipinski definition) is 0. The van der Waals surface area contributed by atoms with Crippen LogP contribution in [0.2, 0.25) is 0 Å². The van der Waals surface area contributed by atoms with E-state index in [0.717, 1.165) is 21.0 Å². The van der Waals surface area contributed by atoms with Crippen molar-refractivity contribution in [1.82, 2.24) is 0 Å². The fourth-order valence-electron chi connectivity index (χ4n) is 2.54. The fraction of sp³-hybridized carbons (Fsp3) is 0.111. The summed E-state index contributed by atoms with van der Waals surface area (Å²) in [6.45, 7) is 2.07. The largest absolute Gasteiger partial charge is 0.206 e. The predicted molar refractivity (Wildman–Crippen MR) is 93.6 cm³/mol. The third-order valence-electron chi connectivity index (χ3n) is 3.67. The Morgan fingerprint density at radius 1 is 0.857 bits per heavy atom. The summed E-state index contributed by atoms with van der Waals surface area (Å²) >= 11 is 7.42. The molecule has 1 atom stereocenters. The van der Waals surface area contributed by atoms with Gasteiger partial charge in [0.05, 0.1) is 4.83 Å². The summed E-state index contributed by atoms with van der Waals surface area (Å²) in [5.41, 5.74) is 3.40. The summed E-state index contributed by atoms with van der Waals surface area (Å²) in [5.74, 6) is -0.183. The van der Waals surface area contributed by atoms with E-state index < -0.39 is 0 Å². The van der Waals surface area contributed by atoms with Gasteiger partial charge in [0.2, 0.25) is 0 Å². The number of alkyl halides is 1. The van der Waals surface area contributed by atoms with Gasteiger partial charge < -0.3 is 0 Å². The molecule has 0 amide bonds. The Kier molecular flexibility index (Phi) is 4.14. The highest BCUT2D eigenvalue weighted by Crippen LogP contribution is 2.39. The van der Waals surface area contributed by atoms with Gasteiger partial charge >= 0.3 is 0 Å². The van der Waals surface area contributed by atoms with Crippen LogP contribution in [0.4, 0.5) is 4.39 Å². The molecule has 106 valence electrons. The Labute approximate surface area is 140 Å². The van der Waals surface area contributed by atoms with Crippen molar-refractivity contribution in [3.63, 3.8) is 0 Å². The van der Waals surface area contributed by atoms with Gasteiger partial charge in [-0.3, -0.25) is 0 Å². The second kappa shape index (κ2) is 5.90. The van der Waals surface area contributed by atoms with Crippen molar-refractivity contribution in [1.29, 1.82) is 0 Å². The lowest BCUT2D eigenvalue weighted by Crippen LogP contribution is -1.97. The number of benzene rings is 3. The van der Waals surface area contributed by atoms with E-state index in [1.54, 1.807) is 0 Å². The Bertz CT molecular complexity index is 811. The molecule has 0 saturated carbocycles. The van der Waals surface area contributed by atoms with Gasteiger partial charge in [0.15, 0.2) is 0 Å². The Balaban J connectivity index is 2.21. The van der Waals surface area contributed by atoms with Gasteiger partial charge in [-0.05, 0) is 35.1 Å².